The van der Waals surface area contributed by atoms with Crippen LogP contribution in [0, 0.1) is 0 Å². The van der Waals surface area contributed by atoms with Crippen LogP contribution < -0.4 is 10.6 Å². The fourth-order valence-corrected chi connectivity index (χ4v) is 3.19. The summed E-state index contributed by atoms with van der Waals surface area (Å²) >= 11 is 0. The molecule has 1 saturated carbocycles. The number of hydrogen-bond acceptors (Lipinski definition) is 4. The molecule has 26 heavy (non-hydrogen) atoms. The summed E-state index contributed by atoms with van der Waals surface area (Å²) in [5.74, 6) is 1.82. The molecule has 2 N–H and O–H groups in total. The minimum Gasteiger partial charge on any atom is -0.361 e. The number of aromatic nitrogens is 1. The van der Waals surface area contributed by atoms with Crippen LogP contribution in [0.4, 0.5) is 0 Å². The van der Waals surface area contributed by atoms with Gasteiger partial charge in [0.1, 0.15) is 5.76 Å². The molecule has 1 fully saturated rings. The van der Waals surface area contributed by atoms with Gasteiger partial charge in [-0.3, -0.25) is 4.90 Å². The molecule has 150 valence electrons. The van der Waals surface area contributed by atoms with Crippen LogP contribution in [0.2, 0.25) is 0 Å². The molecule has 1 heterocycles. The van der Waals surface area contributed by atoms with Crippen LogP contribution in [-0.2, 0) is 19.4 Å². The van der Waals surface area contributed by atoms with Crippen molar-refractivity contribution >= 4 is 29.9 Å². The number of aryl methyl sites for hydroxylation is 2. The summed E-state index contributed by atoms with van der Waals surface area (Å²) in [4.78, 5) is 7.34. The standard InChI is InChI=1S/C19H35N5O.HI/c1-6-17-16(18(7-2)25-23-17)13-22-19(20-8-3)21-11-12-24(14(4)5)15-9-10-15;/h14-15H,6-13H2,1-5H3,(H2,20,21,22);1H. The molecule has 1 aromatic heterocycles. The molecule has 2 rings (SSSR count). The third kappa shape index (κ3) is 6.72. The predicted molar refractivity (Wildman–Crippen MR) is 118 cm³/mol. The van der Waals surface area contributed by atoms with Crippen LogP contribution in [0.25, 0.3) is 0 Å². The molecule has 0 radical (unpaired) electrons. The summed E-state index contributed by atoms with van der Waals surface area (Å²) in [5, 5.41) is 11.0. The Morgan fingerprint density at radius 3 is 2.50 bits per heavy atom. The molecule has 1 aromatic rings. The lowest BCUT2D eigenvalue weighted by Crippen LogP contribution is -2.43. The highest BCUT2D eigenvalue weighted by Crippen LogP contribution is 2.27. The van der Waals surface area contributed by atoms with Gasteiger partial charge < -0.3 is 15.2 Å². The van der Waals surface area contributed by atoms with Crippen LogP contribution in [0.15, 0.2) is 9.52 Å². The van der Waals surface area contributed by atoms with Crippen LogP contribution in [-0.4, -0.2) is 47.7 Å². The van der Waals surface area contributed by atoms with Crippen LogP contribution in [0.1, 0.15) is 64.5 Å². The maximum atomic E-state index is 5.43. The number of rotatable bonds is 10. The Labute approximate surface area is 175 Å². The van der Waals surface area contributed by atoms with Crippen molar-refractivity contribution in [3.8, 4) is 0 Å². The maximum absolute atomic E-state index is 5.43. The second kappa shape index (κ2) is 11.8. The fourth-order valence-electron chi connectivity index (χ4n) is 3.19. The Morgan fingerprint density at radius 2 is 1.96 bits per heavy atom. The third-order valence-corrected chi connectivity index (χ3v) is 4.69. The van der Waals surface area contributed by atoms with Gasteiger partial charge in [0.2, 0.25) is 0 Å². The lowest BCUT2D eigenvalue weighted by atomic mass is 10.1. The van der Waals surface area contributed by atoms with Gasteiger partial charge in [-0.05, 0) is 40.0 Å². The van der Waals surface area contributed by atoms with E-state index in [0.29, 0.717) is 12.6 Å². The molecule has 0 spiro atoms. The second-order valence-electron chi connectivity index (χ2n) is 6.92. The normalized spacial score (nSPS) is 14.7. The van der Waals surface area contributed by atoms with E-state index in [1.54, 1.807) is 0 Å². The van der Waals surface area contributed by atoms with Gasteiger partial charge in [-0.15, -0.1) is 24.0 Å². The minimum atomic E-state index is 0. The van der Waals surface area contributed by atoms with E-state index in [0.717, 1.165) is 61.5 Å². The van der Waals surface area contributed by atoms with Gasteiger partial charge in [-0.1, -0.05) is 19.0 Å². The minimum absolute atomic E-state index is 0. The lowest BCUT2D eigenvalue weighted by Gasteiger charge is -2.26. The maximum Gasteiger partial charge on any atom is 0.191 e. The average Bonchev–Trinajstić information content (AvgIpc) is 3.35. The first-order valence-corrected chi connectivity index (χ1v) is 9.84. The van der Waals surface area contributed by atoms with Crippen molar-refractivity contribution in [2.24, 2.45) is 4.99 Å². The molecule has 1 aliphatic rings. The third-order valence-electron chi connectivity index (χ3n) is 4.69. The first-order chi connectivity index (χ1) is 12.1. The van der Waals surface area contributed by atoms with Crippen LogP contribution >= 0.6 is 24.0 Å². The van der Waals surface area contributed by atoms with Crippen molar-refractivity contribution in [3.05, 3.63) is 17.0 Å². The van der Waals surface area contributed by atoms with Crippen LogP contribution in [0.3, 0.4) is 0 Å². The second-order valence-corrected chi connectivity index (χ2v) is 6.92. The van der Waals surface area contributed by atoms with Gasteiger partial charge in [0, 0.05) is 43.7 Å². The lowest BCUT2D eigenvalue weighted by molar-refractivity contribution is 0.215. The van der Waals surface area contributed by atoms with E-state index >= 15 is 0 Å². The van der Waals surface area contributed by atoms with E-state index in [2.05, 4.69) is 55.3 Å². The summed E-state index contributed by atoms with van der Waals surface area (Å²) in [6.07, 6.45) is 4.43. The Bertz CT molecular complexity index is 531. The number of nitrogens with one attached hydrogen (secondary N) is 2. The van der Waals surface area contributed by atoms with Crippen molar-refractivity contribution in [1.29, 1.82) is 0 Å². The number of aliphatic imine (C=N–C) groups is 1. The van der Waals surface area contributed by atoms with E-state index in [-0.39, 0.29) is 24.0 Å². The van der Waals surface area contributed by atoms with E-state index in [4.69, 9.17) is 9.52 Å². The van der Waals surface area contributed by atoms with Gasteiger partial charge in [0.05, 0.1) is 12.2 Å². The average molecular weight is 477 g/mol. The number of guanidine groups is 1. The quantitative estimate of drug-likeness (QED) is 0.308. The van der Waals surface area contributed by atoms with Gasteiger partial charge in [0.25, 0.3) is 0 Å². The molecule has 7 heteroatoms. The van der Waals surface area contributed by atoms with Gasteiger partial charge in [-0.25, -0.2) is 4.99 Å². The molecule has 1 aliphatic carbocycles. The largest absolute Gasteiger partial charge is 0.361 e. The fraction of sp³-hybridized carbons (Fsp3) is 0.789. The smallest absolute Gasteiger partial charge is 0.191 e. The Hall–Kier alpha value is -0.830. The zero-order chi connectivity index (χ0) is 18.2. The first-order valence-electron chi connectivity index (χ1n) is 9.84. The summed E-state index contributed by atoms with van der Waals surface area (Å²) in [7, 11) is 0. The van der Waals surface area contributed by atoms with Crippen molar-refractivity contribution in [2.45, 2.75) is 78.9 Å². The Balaban J connectivity index is 0.00000338. The zero-order valence-electron chi connectivity index (χ0n) is 17.0. The predicted octanol–water partition coefficient (Wildman–Crippen LogP) is 3.35. The molecule has 0 atom stereocenters. The summed E-state index contributed by atoms with van der Waals surface area (Å²) in [5.41, 5.74) is 2.17. The van der Waals surface area contributed by atoms with E-state index < -0.39 is 0 Å². The molecular weight excluding hydrogens is 441 g/mol. The van der Waals surface area contributed by atoms with Crippen molar-refractivity contribution in [1.82, 2.24) is 20.7 Å². The van der Waals surface area contributed by atoms with Crippen molar-refractivity contribution in [2.75, 3.05) is 19.6 Å². The van der Waals surface area contributed by atoms with Gasteiger partial charge >= 0.3 is 0 Å². The Kier molecular flexibility index (Phi) is 10.5. The molecule has 0 aliphatic heterocycles. The highest BCUT2D eigenvalue weighted by molar-refractivity contribution is 14.0. The molecule has 0 amide bonds. The molecule has 0 bridgehead atoms. The number of halogens is 1. The monoisotopic (exact) mass is 477 g/mol. The van der Waals surface area contributed by atoms with Crippen molar-refractivity contribution in [3.63, 3.8) is 0 Å². The topological polar surface area (TPSA) is 65.7 Å². The molecule has 0 unspecified atom stereocenters. The summed E-state index contributed by atoms with van der Waals surface area (Å²) in [6.45, 7) is 14.3. The van der Waals surface area contributed by atoms with Crippen molar-refractivity contribution < 1.29 is 4.52 Å². The first kappa shape index (κ1) is 23.2. The van der Waals surface area contributed by atoms with Gasteiger partial charge in [0.15, 0.2) is 5.96 Å². The molecular formula is C19H36IN5O. The molecule has 0 aromatic carbocycles. The summed E-state index contributed by atoms with van der Waals surface area (Å²) in [6, 6.07) is 1.39. The Morgan fingerprint density at radius 1 is 1.23 bits per heavy atom. The zero-order valence-corrected chi connectivity index (χ0v) is 19.3. The highest BCUT2D eigenvalue weighted by atomic mass is 127. The van der Waals surface area contributed by atoms with Crippen LogP contribution in [0.5, 0.6) is 0 Å². The van der Waals surface area contributed by atoms with Gasteiger partial charge in [-0.2, -0.15) is 0 Å². The molecule has 6 nitrogen and oxygen atoms in total. The highest BCUT2D eigenvalue weighted by Gasteiger charge is 2.30. The van der Waals surface area contributed by atoms with E-state index in [9.17, 15) is 0 Å². The SMILES string of the molecule is CCNC(=NCc1c(CC)noc1CC)NCCN(C(C)C)C1CC1.I. The van der Waals surface area contributed by atoms with E-state index in [1.165, 1.54) is 12.8 Å². The summed E-state index contributed by atoms with van der Waals surface area (Å²) < 4.78 is 5.43. The van der Waals surface area contributed by atoms with E-state index in [1.807, 2.05) is 0 Å². The number of nitrogens with zero attached hydrogens (tertiary/aromatic N) is 3. The molecule has 0 saturated heterocycles. The number of hydrogen-bond donors (Lipinski definition) is 2.